The van der Waals surface area contributed by atoms with Gasteiger partial charge >= 0.3 is 0 Å². The van der Waals surface area contributed by atoms with Crippen molar-refractivity contribution in [3.8, 4) is 11.5 Å². The van der Waals surface area contributed by atoms with Crippen molar-refractivity contribution in [2.45, 2.75) is 59.2 Å². The van der Waals surface area contributed by atoms with E-state index >= 15 is 0 Å². The van der Waals surface area contributed by atoms with Gasteiger partial charge in [-0.25, -0.2) is 4.68 Å². The number of carbonyl (C=O) groups is 1. The number of aryl methyl sites for hydroxylation is 1. The van der Waals surface area contributed by atoms with E-state index in [2.05, 4.69) is 33.1 Å². The molecule has 2 N–H and O–H groups in total. The van der Waals surface area contributed by atoms with Gasteiger partial charge in [-0.15, -0.1) is 0 Å². The summed E-state index contributed by atoms with van der Waals surface area (Å²) in [6.07, 6.45) is 2.09. The molecule has 0 saturated heterocycles. The van der Waals surface area contributed by atoms with Crippen LogP contribution in [0.4, 0.5) is 5.95 Å². The Bertz CT molecular complexity index is 769. The zero-order valence-corrected chi connectivity index (χ0v) is 17.3. The molecule has 28 heavy (non-hydrogen) atoms. The Morgan fingerprint density at radius 3 is 2.71 bits per heavy atom. The molecule has 0 bridgehead atoms. The molecule has 2 aromatic rings. The van der Waals surface area contributed by atoms with Gasteiger partial charge in [0.05, 0.1) is 7.11 Å². The van der Waals surface area contributed by atoms with Crippen molar-refractivity contribution in [1.82, 2.24) is 25.5 Å². The van der Waals surface area contributed by atoms with Gasteiger partial charge in [-0.05, 0) is 55.3 Å². The number of tetrazole rings is 1. The first kappa shape index (κ1) is 21.5. The highest BCUT2D eigenvalue weighted by Gasteiger charge is 2.15. The molecule has 9 heteroatoms. The fourth-order valence-electron chi connectivity index (χ4n) is 2.51. The van der Waals surface area contributed by atoms with E-state index < -0.39 is 0 Å². The summed E-state index contributed by atoms with van der Waals surface area (Å²) in [4.78, 5) is 11.9. The van der Waals surface area contributed by atoms with E-state index in [-0.39, 0.29) is 18.1 Å². The van der Waals surface area contributed by atoms with Crippen LogP contribution in [-0.4, -0.2) is 45.4 Å². The second-order valence-electron chi connectivity index (χ2n) is 7.50. The van der Waals surface area contributed by atoms with Crippen molar-refractivity contribution in [2.24, 2.45) is 0 Å². The Morgan fingerprint density at radius 2 is 2.04 bits per heavy atom. The number of nitrogens with zero attached hydrogens (tertiary/aromatic N) is 4. The van der Waals surface area contributed by atoms with Gasteiger partial charge in [-0.3, -0.25) is 4.79 Å². The highest BCUT2D eigenvalue weighted by Crippen LogP contribution is 2.28. The standard InChI is InChI=1S/C19H30N6O3/c1-6-7-10-25-18(22-23-24-25)20-12-14-8-9-15(16(11-14)27-5)28-13-17(26)21-19(2,3)4/h8-9,11H,6-7,10,12-13H2,1-5H3,(H,21,26)(H,20,22,24). The van der Waals surface area contributed by atoms with Crippen molar-refractivity contribution in [3.63, 3.8) is 0 Å². The van der Waals surface area contributed by atoms with Crippen LogP contribution < -0.4 is 20.1 Å². The topological polar surface area (TPSA) is 103 Å². The van der Waals surface area contributed by atoms with Crippen LogP contribution in [0.25, 0.3) is 0 Å². The average molecular weight is 390 g/mol. The Morgan fingerprint density at radius 1 is 1.25 bits per heavy atom. The van der Waals surface area contributed by atoms with Crippen molar-refractivity contribution >= 4 is 11.9 Å². The number of amides is 1. The predicted molar refractivity (Wildman–Crippen MR) is 106 cm³/mol. The Balaban J connectivity index is 1.95. The number of nitrogens with one attached hydrogen (secondary N) is 2. The SMILES string of the molecule is CCCCn1nnnc1NCc1ccc(OCC(=O)NC(C)(C)C)c(OC)c1. The maximum Gasteiger partial charge on any atom is 0.258 e. The van der Waals surface area contributed by atoms with E-state index in [1.165, 1.54) is 0 Å². The second-order valence-corrected chi connectivity index (χ2v) is 7.50. The van der Waals surface area contributed by atoms with Gasteiger partial charge in [0.25, 0.3) is 5.91 Å². The summed E-state index contributed by atoms with van der Waals surface area (Å²) in [5.74, 6) is 1.53. The number of aromatic nitrogens is 4. The van der Waals surface area contributed by atoms with Crippen molar-refractivity contribution < 1.29 is 14.3 Å². The molecule has 1 aromatic carbocycles. The van der Waals surface area contributed by atoms with E-state index in [1.807, 2.05) is 32.9 Å². The van der Waals surface area contributed by atoms with Crippen LogP contribution in [0.5, 0.6) is 11.5 Å². The van der Waals surface area contributed by atoms with Crippen molar-refractivity contribution in [1.29, 1.82) is 0 Å². The number of anilines is 1. The van der Waals surface area contributed by atoms with Gasteiger partial charge in [0.2, 0.25) is 5.95 Å². The van der Waals surface area contributed by atoms with Gasteiger partial charge in [0.1, 0.15) is 0 Å². The summed E-state index contributed by atoms with van der Waals surface area (Å²) in [5.41, 5.74) is 0.681. The number of benzene rings is 1. The third kappa shape index (κ3) is 6.71. The highest BCUT2D eigenvalue weighted by atomic mass is 16.5. The van der Waals surface area contributed by atoms with Crippen LogP contribution in [0, 0.1) is 0 Å². The number of unbranched alkanes of at least 4 members (excludes halogenated alkanes) is 1. The van der Waals surface area contributed by atoms with Crippen molar-refractivity contribution in [2.75, 3.05) is 19.0 Å². The van der Waals surface area contributed by atoms with Gasteiger partial charge in [-0.2, -0.15) is 0 Å². The smallest absolute Gasteiger partial charge is 0.258 e. The quantitative estimate of drug-likeness (QED) is 0.642. The molecule has 0 aliphatic rings. The molecule has 0 aliphatic carbocycles. The van der Waals surface area contributed by atoms with Crippen LogP contribution in [0.1, 0.15) is 46.1 Å². The van der Waals surface area contributed by atoms with Gasteiger partial charge in [0, 0.05) is 18.6 Å². The summed E-state index contributed by atoms with van der Waals surface area (Å²) in [6.45, 7) is 9.13. The number of carbonyl (C=O) groups excluding carboxylic acids is 1. The van der Waals surface area contributed by atoms with E-state index in [1.54, 1.807) is 17.9 Å². The molecule has 9 nitrogen and oxygen atoms in total. The lowest BCUT2D eigenvalue weighted by molar-refractivity contribution is -0.124. The van der Waals surface area contributed by atoms with Gasteiger partial charge in [0.15, 0.2) is 18.1 Å². The molecule has 0 unspecified atom stereocenters. The Hall–Kier alpha value is -2.84. The minimum atomic E-state index is -0.299. The van der Waals surface area contributed by atoms with E-state index in [4.69, 9.17) is 9.47 Å². The third-order valence-corrected chi connectivity index (χ3v) is 3.81. The first-order chi connectivity index (χ1) is 13.3. The van der Waals surface area contributed by atoms with Crippen molar-refractivity contribution in [3.05, 3.63) is 23.8 Å². The largest absolute Gasteiger partial charge is 0.493 e. The fourth-order valence-corrected chi connectivity index (χ4v) is 2.51. The Kier molecular flexibility index (Phi) is 7.60. The predicted octanol–water partition coefficient (Wildman–Crippen LogP) is 2.39. The van der Waals surface area contributed by atoms with Crippen LogP contribution in [-0.2, 0) is 17.9 Å². The minimum Gasteiger partial charge on any atom is -0.493 e. The summed E-state index contributed by atoms with van der Waals surface area (Å²) >= 11 is 0. The molecule has 154 valence electrons. The van der Waals surface area contributed by atoms with Crippen LogP contribution >= 0.6 is 0 Å². The molecule has 0 spiro atoms. The molecular weight excluding hydrogens is 360 g/mol. The first-order valence-corrected chi connectivity index (χ1v) is 9.43. The minimum absolute atomic E-state index is 0.0720. The molecule has 1 heterocycles. The van der Waals surface area contributed by atoms with Gasteiger partial charge < -0.3 is 20.1 Å². The number of rotatable bonds is 10. The fraction of sp³-hybridized carbons (Fsp3) is 0.579. The molecule has 1 aromatic heterocycles. The van der Waals surface area contributed by atoms with Crippen LogP contribution in [0.2, 0.25) is 0 Å². The molecule has 2 rings (SSSR count). The number of hydrogen-bond donors (Lipinski definition) is 2. The normalized spacial score (nSPS) is 11.2. The molecule has 1 amide bonds. The molecular formula is C19H30N6O3. The average Bonchev–Trinajstić information content (AvgIpc) is 3.09. The second kappa shape index (κ2) is 9.91. The number of ether oxygens (including phenoxy) is 2. The van der Waals surface area contributed by atoms with E-state index in [9.17, 15) is 4.79 Å². The van der Waals surface area contributed by atoms with Crippen LogP contribution in [0.3, 0.4) is 0 Å². The molecule has 0 atom stereocenters. The lowest BCUT2D eigenvalue weighted by Gasteiger charge is -2.20. The summed E-state index contributed by atoms with van der Waals surface area (Å²) < 4.78 is 12.8. The molecule has 0 fully saturated rings. The number of methoxy groups -OCH3 is 1. The number of hydrogen-bond acceptors (Lipinski definition) is 7. The van der Waals surface area contributed by atoms with Crippen LogP contribution in [0.15, 0.2) is 18.2 Å². The Labute approximate surface area is 165 Å². The van der Waals surface area contributed by atoms with Gasteiger partial charge in [-0.1, -0.05) is 24.5 Å². The zero-order chi connectivity index (χ0) is 20.6. The summed E-state index contributed by atoms with van der Waals surface area (Å²) in [6, 6.07) is 5.57. The highest BCUT2D eigenvalue weighted by molar-refractivity contribution is 5.78. The lowest BCUT2D eigenvalue weighted by atomic mass is 10.1. The summed E-state index contributed by atoms with van der Waals surface area (Å²) in [5, 5.41) is 17.8. The first-order valence-electron chi connectivity index (χ1n) is 9.43. The summed E-state index contributed by atoms with van der Waals surface area (Å²) in [7, 11) is 1.57. The zero-order valence-electron chi connectivity index (χ0n) is 17.3. The van der Waals surface area contributed by atoms with E-state index in [0.29, 0.717) is 24.0 Å². The molecule has 0 saturated carbocycles. The lowest BCUT2D eigenvalue weighted by Crippen LogP contribution is -2.43. The third-order valence-electron chi connectivity index (χ3n) is 3.81. The monoisotopic (exact) mass is 390 g/mol. The molecule has 0 aliphatic heterocycles. The van der Waals surface area contributed by atoms with E-state index in [0.717, 1.165) is 24.9 Å². The maximum atomic E-state index is 11.9. The molecule has 0 radical (unpaired) electrons. The maximum absolute atomic E-state index is 11.9.